The molecule has 2 heterocycles. The van der Waals surface area contributed by atoms with Gasteiger partial charge in [-0.05, 0) is 80.2 Å². The molecule has 0 bridgehead atoms. The van der Waals surface area contributed by atoms with Crippen molar-refractivity contribution < 1.29 is 22.7 Å². The van der Waals surface area contributed by atoms with Gasteiger partial charge >= 0.3 is 0 Å². The van der Waals surface area contributed by atoms with Crippen molar-refractivity contribution in [1.29, 1.82) is 0 Å². The van der Waals surface area contributed by atoms with Crippen molar-refractivity contribution in [2.24, 2.45) is 11.8 Å². The second-order valence-corrected chi connectivity index (χ2v) is 13.3. The van der Waals surface area contributed by atoms with Crippen molar-refractivity contribution in [1.82, 2.24) is 14.6 Å². The van der Waals surface area contributed by atoms with E-state index in [1.807, 2.05) is 12.1 Å². The number of ether oxygens (including phenoxy) is 2. The predicted molar refractivity (Wildman–Crippen MR) is 154 cm³/mol. The summed E-state index contributed by atoms with van der Waals surface area (Å²) in [7, 11) is -1.98. The first-order valence-corrected chi connectivity index (χ1v) is 16.0. The minimum Gasteiger partial charge on any atom is -0.384 e. The van der Waals surface area contributed by atoms with Crippen molar-refractivity contribution in [2.75, 3.05) is 33.5 Å². The Labute approximate surface area is 236 Å². The van der Waals surface area contributed by atoms with Crippen LogP contribution in [0, 0.1) is 11.8 Å². The van der Waals surface area contributed by atoms with Gasteiger partial charge < -0.3 is 19.4 Å². The summed E-state index contributed by atoms with van der Waals surface area (Å²) in [5, 5.41) is 0.962. The number of methoxy groups -OCH3 is 1. The number of morpholine rings is 1. The highest BCUT2D eigenvalue weighted by Crippen LogP contribution is 2.38. The first-order chi connectivity index (χ1) is 19.4. The number of aromatic nitrogens is 1. The fourth-order valence-corrected chi connectivity index (χ4v) is 7.58. The zero-order valence-electron chi connectivity index (χ0n) is 23.1. The van der Waals surface area contributed by atoms with Crippen LogP contribution in [0.5, 0.6) is 0 Å². The number of aromatic amines is 1. The van der Waals surface area contributed by atoms with Crippen molar-refractivity contribution in [3.63, 3.8) is 0 Å². The smallest absolute Gasteiger partial charge is 0.240 e. The lowest BCUT2D eigenvalue weighted by Crippen LogP contribution is -2.52. The number of hydrogen-bond acceptors (Lipinski definition) is 5. The maximum absolute atomic E-state index is 13.3. The molecule has 40 heavy (non-hydrogen) atoms. The highest BCUT2D eigenvalue weighted by molar-refractivity contribution is 7.89. The second kappa shape index (κ2) is 11.6. The van der Waals surface area contributed by atoms with Crippen LogP contribution < -0.4 is 4.72 Å². The summed E-state index contributed by atoms with van der Waals surface area (Å²) in [6.07, 6.45) is 6.00. The van der Waals surface area contributed by atoms with Crippen LogP contribution in [-0.2, 0) is 30.7 Å². The van der Waals surface area contributed by atoms with Crippen molar-refractivity contribution in [3.05, 3.63) is 54.1 Å². The van der Waals surface area contributed by atoms with E-state index in [-0.39, 0.29) is 28.8 Å². The molecular formula is C31H39N3O5S. The van der Waals surface area contributed by atoms with Gasteiger partial charge in [0.2, 0.25) is 15.9 Å². The number of rotatable bonds is 9. The van der Waals surface area contributed by atoms with Crippen LogP contribution in [0.3, 0.4) is 0 Å². The molecule has 1 atom stereocenters. The number of sulfonamides is 1. The molecule has 6 rings (SSSR count). The van der Waals surface area contributed by atoms with Crippen LogP contribution in [0.1, 0.15) is 44.1 Å². The Morgan fingerprint density at radius 3 is 2.55 bits per heavy atom. The van der Waals surface area contributed by atoms with Crippen molar-refractivity contribution >= 4 is 26.8 Å². The Kier molecular flexibility index (Phi) is 7.99. The Hall–Kier alpha value is -2.72. The Morgan fingerprint density at radius 2 is 1.82 bits per heavy atom. The van der Waals surface area contributed by atoms with Crippen LogP contribution in [0.15, 0.2) is 53.4 Å². The summed E-state index contributed by atoms with van der Waals surface area (Å²) in [6, 6.07) is 15.7. The van der Waals surface area contributed by atoms with Gasteiger partial charge in [0, 0.05) is 42.2 Å². The molecular weight excluding hydrogens is 526 g/mol. The van der Waals surface area contributed by atoms with E-state index in [1.165, 1.54) is 18.4 Å². The maximum atomic E-state index is 13.3. The quantitative estimate of drug-likeness (QED) is 0.398. The number of nitrogens with zero attached hydrogens (tertiary/aromatic N) is 1. The topological polar surface area (TPSA) is 101 Å². The molecule has 0 radical (unpaired) electrons. The minimum absolute atomic E-state index is 0.0252. The zero-order chi connectivity index (χ0) is 27.7. The van der Waals surface area contributed by atoms with Gasteiger partial charge in [-0.15, -0.1) is 0 Å². The molecule has 0 unspecified atom stereocenters. The van der Waals surface area contributed by atoms with Gasteiger partial charge in [0.15, 0.2) is 0 Å². The molecule has 2 aromatic carbocycles. The number of carbonyl (C=O) groups is 1. The molecule has 3 aromatic rings. The lowest BCUT2D eigenvalue weighted by molar-refractivity contribution is -0.146. The fourth-order valence-electron chi connectivity index (χ4n) is 6.25. The molecule has 9 heteroatoms. The van der Waals surface area contributed by atoms with Gasteiger partial charge in [0.25, 0.3) is 0 Å². The Bertz CT molecular complexity index is 1440. The van der Waals surface area contributed by atoms with Crippen molar-refractivity contribution in [2.45, 2.75) is 61.9 Å². The van der Waals surface area contributed by atoms with Crippen LogP contribution in [-0.4, -0.2) is 69.8 Å². The van der Waals surface area contributed by atoms with Gasteiger partial charge in [0.1, 0.15) is 0 Å². The van der Waals surface area contributed by atoms with Gasteiger partial charge in [-0.3, -0.25) is 4.79 Å². The summed E-state index contributed by atoms with van der Waals surface area (Å²) in [5.41, 5.74) is 3.99. The molecule has 214 valence electrons. The number of nitrogens with one attached hydrogen (secondary N) is 2. The standard InChI is InChI=1S/C31H39N3O5S/c1-38-16-14-21-2-4-22(5-3-21)28-18-25-10-13-27(19-29(25)32-28)40(36,37)33-26-11-8-24(9-12-26)31(35)34-15-17-39-20-30(34)23-6-7-23/h2-5,10,13,18-19,23-24,26,30,32-33H,6-9,11-12,14-17,20H2,1H3/t24?,26?,30-/m1/s1. The van der Waals surface area contributed by atoms with E-state index in [1.54, 1.807) is 19.2 Å². The fraction of sp³-hybridized carbons (Fsp3) is 0.516. The number of hydrogen-bond donors (Lipinski definition) is 2. The number of H-pyrrole nitrogens is 1. The third-order valence-corrected chi connectivity index (χ3v) is 10.3. The van der Waals surface area contributed by atoms with E-state index >= 15 is 0 Å². The van der Waals surface area contributed by atoms with E-state index < -0.39 is 10.0 Å². The molecule has 2 saturated carbocycles. The Morgan fingerprint density at radius 1 is 1.05 bits per heavy atom. The largest absolute Gasteiger partial charge is 0.384 e. The minimum atomic E-state index is -3.68. The van der Waals surface area contributed by atoms with Gasteiger partial charge in [0.05, 0.1) is 30.8 Å². The second-order valence-electron chi connectivity index (χ2n) is 11.6. The third kappa shape index (κ3) is 5.98. The van der Waals surface area contributed by atoms with Crippen LogP contribution in [0.2, 0.25) is 0 Å². The predicted octanol–water partition coefficient (Wildman–Crippen LogP) is 4.50. The molecule has 3 aliphatic rings. The average Bonchev–Trinajstić information content (AvgIpc) is 3.74. The van der Waals surface area contributed by atoms with E-state index in [0.29, 0.717) is 58.0 Å². The van der Waals surface area contributed by atoms with E-state index in [2.05, 4.69) is 38.9 Å². The molecule has 1 saturated heterocycles. The van der Waals surface area contributed by atoms with Gasteiger partial charge in [-0.25, -0.2) is 13.1 Å². The molecule has 3 fully saturated rings. The molecule has 1 amide bonds. The zero-order valence-corrected chi connectivity index (χ0v) is 23.9. The van der Waals surface area contributed by atoms with E-state index in [0.717, 1.165) is 28.6 Å². The molecule has 8 nitrogen and oxygen atoms in total. The summed E-state index contributed by atoms with van der Waals surface area (Å²) in [6.45, 7) is 2.62. The Balaban J connectivity index is 1.08. The molecule has 2 N–H and O–H groups in total. The maximum Gasteiger partial charge on any atom is 0.240 e. The number of fused-ring (bicyclic) bond motifs is 1. The third-order valence-electron chi connectivity index (χ3n) is 8.78. The first-order valence-electron chi connectivity index (χ1n) is 14.5. The molecule has 1 aromatic heterocycles. The van der Waals surface area contributed by atoms with E-state index in [9.17, 15) is 13.2 Å². The lowest BCUT2D eigenvalue weighted by Gasteiger charge is -2.39. The summed E-state index contributed by atoms with van der Waals surface area (Å²) in [4.78, 5) is 19.0. The summed E-state index contributed by atoms with van der Waals surface area (Å²) < 4.78 is 40.3. The average molecular weight is 566 g/mol. The highest BCUT2D eigenvalue weighted by Gasteiger charge is 2.41. The summed E-state index contributed by atoms with van der Waals surface area (Å²) in [5.74, 6) is 0.800. The lowest BCUT2D eigenvalue weighted by atomic mass is 9.85. The van der Waals surface area contributed by atoms with Crippen molar-refractivity contribution in [3.8, 4) is 11.3 Å². The van der Waals surface area contributed by atoms with E-state index in [4.69, 9.17) is 9.47 Å². The molecule has 1 aliphatic heterocycles. The SMILES string of the molecule is COCCc1ccc(-c2cc3ccc(S(=O)(=O)NC4CCC(C(=O)N5CCOC[C@@H]5C5CC5)CC4)cc3[nH]2)cc1. The normalized spacial score (nSPS) is 23.9. The first kappa shape index (κ1) is 27.4. The number of carbonyl (C=O) groups excluding carboxylic acids is 1. The van der Waals surface area contributed by atoms with Crippen LogP contribution >= 0.6 is 0 Å². The highest BCUT2D eigenvalue weighted by atomic mass is 32.2. The monoisotopic (exact) mass is 565 g/mol. The van der Waals surface area contributed by atoms with Gasteiger partial charge in [-0.1, -0.05) is 30.3 Å². The molecule has 2 aliphatic carbocycles. The summed E-state index contributed by atoms with van der Waals surface area (Å²) >= 11 is 0. The van der Waals surface area contributed by atoms with Gasteiger partial charge in [-0.2, -0.15) is 0 Å². The number of benzene rings is 2. The van der Waals surface area contributed by atoms with Crippen LogP contribution in [0.25, 0.3) is 22.2 Å². The molecule has 0 spiro atoms. The number of amides is 1. The van der Waals surface area contributed by atoms with Crippen LogP contribution in [0.4, 0.5) is 0 Å².